The summed E-state index contributed by atoms with van der Waals surface area (Å²) in [6.45, 7) is 4.61. The average Bonchev–Trinajstić information content (AvgIpc) is 2.61. The second-order valence-electron chi connectivity index (χ2n) is 5.41. The van der Waals surface area contributed by atoms with Crippen LogP contribution in [0.4, 0.5) is 23.1 Å². The first-order chi connectivity index (χ1) is 12.2. The normalized spacial score (nSPS) is 10.4. The molecule has 5 nitrogen and oxygen atoms in total. The zero-order valence-corrected chi connectivity index (χ0v) is 15.7. The number of halogens is 1. The molecular formula is C19H19BrN4O. The van der Waals surface area contributed by atoms with Crippen molar-refractivity contribution >= 4 is 39.1 Å². The number of aromatic nitrogens is 2. The Morgan fingerprint density at radius 1 is 1.08 bits per heavy atom. The van der Waals surface area contributed by atoms with Crippen molar-refractivity contribution in [2.45, 2.75) is 13.8 Å². The summed E-state index contributed by atoms with van der Waals surface area (Å²) in [5.41, 5.74) is 2.97. The Kier molecular flexibility index (Phi) is 5.50. The highest BCUT2D eigenvalue weighted by Crippen LogP contribution is 2.27. The van der Waals surface area contributed by atoms with Gasteiger partial charge >= 0.3 is 0 Å². The van der Waals surface area contributed by atoms with Gasteiger partial charge in [0.15, 0.2) is 0 Å². The Balaban J connectivity index is 1.78. The van der Waals surface area contributed by atoms with Gasteiger partial charge in [-0.2, -0.15) is 4.98 Å². The van der Waals surface area contributed by atoms with Crippen LogP contribution in [0.15, 0.2) is 59.2 Å². The van der Waals surface area contributed by atoms with E-state index in [1.165, 1.54) is 5.56 Å². The van der Waals surface area contributed by atoms with Gasteiger partial charge in [-0.3, -0.25) is 0 Å². The van der Waals surface area contributed by atoms with E-state index in [0.29, 0.717) is 18.4 Å². The zero-order valence-electron chi connectivity index (χ0n) is 14.1. The predicted octanol–water partition coefficient (Wildman–Crippen LogP) is 5.43. The molecule has 0 aliphatic rings. The molecule has 3 rings (SSSR count). The highest BCUT2D eigenvalue weighted by molar-refractivity contribution is 9.10. The van der Waals surface area contributed by atoms with Crippen LogP contribution in [0, 0.1) is 6.92 Å². The summed E-state index contributed by atoms with van der Waals surface area (Å²) in [7, 11) is 0. The molecule has 0 spiro atoms. The van der Waals surface area contributed by atoms with Gasteiger partial charge in [-0.05, 0) is 49.7 Å². The van der Waals surface area contributed by atoms with Crippen LogP contribution in [-0.4, -0.2) is 16.6 Å². The van der Waals surface area contributed by atoms with Gasteiger partial charge < -0.3 is 15.4 Å². The quantitative estimate of drug-likeness (QED) is 0.579. The Hall–Kier alpha value is -2.60. The second kappa shape index (κ2) is 7.98. The Bertz CT molecular complexity index is 870. The van der Waals surface area contributed by atoms with E-state index in [1.807, 2.05) is 55.5 Å². The first-order valence-corrected chi connectivity index (χ1v) is 8.80. The summed E-state index contributed by atoms with van der Waals surface area (Å²) in [6.07, 6.45) is 1.71. The fraction of sp³-hybridized carbons (Fsp3) is 0.158. The van der Waals surface area contributed by atoms with Crippen LogP contribution in [0.25, 0.3) is 0 Å². The third-order valence-corrected chi connectivity index (χ3v) is 4.39. The lowest BCUT2D eigenvalue weighted by Crippen LogP contribution is -2.02. The number of ether oxygens (including phenoxy) is 1. The lowest BCUT2D eigenvalue weighted by Gasteiger charge is -2.12. The molecule has 0 aliphatic heterocycles. The molecule has 0 radical (unpaired) electrons. The molecule has 1 heterocycles. The number of benzene rings is 2. The molecular weight excluding hydrogens is 380 g/mol. The van der Waals surface area contributed by atoms with E-state index in [9.17, 15) is 0 Å². The molecule has 1 aromatic heterocycles. The molecule has 0 aliphatic carbocycles. The van der Waals surface area contributed by atoms with Gasteiger partial charge in [0, 0.05) is 16.4 Å². The monoisotopic (exact) mass is 398 g/mol. The van der Waals surface area contributed by atoms with Crippen molar-refractivity contribution in [3.8, 4) is 5.75 Å². The lowest BCUT2D eigenvalue weighted by atomic mass is 10.2. The second-order valence-corrected chi connectivity index (χ2v) is 6.26. The van der Waals surface area contributed by atoms with E-state index >= 15 is 0 Å². The first kappa shape index (κ1) is 17.2. The maximum Gasteiger partial charge on any atom is 0.229 e. The van der Waals surface area contributed by atoms with Crippen LogP contribution in [0.2, 0.25) is 0 Å². The van der Waals surface area contributed by atoms with Crippen molar-refractivity contribution in [3.63, 3.8) is 0 Å². The smallest absolute Gasteiger partial charge is 0.229 e. The van der Waals surface area contributed by atoms with Crippen LogP contribution >= 0.6 is 15.9 Å². The topological polar surface area (TPSA) is 59.1 Å². The Morgan fingerprint density at radius 3 is 2.72 bits per heavy atom. The van der Waals surface area contributed by atoms with Crippen LogP contribution in [0.5, 0.6) is 5.75 Å². The summed E-state index contributed by atoms with van der Waals surface area (Å²) in [4.78, 5) is 8.79. The maximum atomic E-state index is 5.62. The van der Waals surface area contributed by atoms with E-state index < -0.39 is 0 Å². The summed E-state index contributed by atoms with van der Waals surface area (Å²) in [6, 6.07) is 15.6. The molecule has 0 bridgehead atoms. The van der Waals surface area contributed by atoms with Gasteiger partial charge in [0.05, 0.1) is 12.3 Å². The average molecular weight is 399 g/mol. The number of nitrogens with zero attached hydrogens (tertiary/aromatic N) is 2. The molecule has 0 atom stereocenters. The zero-order chi connectivity index (χ0) is 17.6. The number of anilines is 4. The number of nitrogens with one attached hydrogen (secondary N) is 2. The van der Waals surface area contributed by atoms with Crippen molar-refractivity contribution < 1.29 is 4.74 Å². The van der Waals surface area contributed by atoms with E-state index in [1.54, 1.807) is 6.20 Å². The molecule has 3 aromatic rings. The minimum atomic E-state index is 0.503. The maximum absolute atomic E-state index is 5.62. The van der Waals surface area contributed by atoms with E-state index in [-0.39, 0.29) is 0 Å². The van der Waals surface area contributed by atoms with Crippen LogP contribution < -0.4 is 15.4 Å². The molecule has 2 aromatic carbocycles. The minimum Gasteiger partial charge on any atom is -0.492 e. The molecule has 0 amide bonds. The summed E-state index contributed by atoms with van der Waals surface area (Å²) in [5.74, 6) is 1.99. The lowest BCUT2D eigenvalue weighted by molar-refractivity contribution is 0.342. The van der Waals surface area contributed by atoms with Crippen molar-refractivity contribution in [1.29, 1.82) is 0 Å². The highest BCUT2D eigenvalue weighted by Gasteiger charge is 2.06. The van der Waals surface area contributed by atoms with Crippen molar-refractivity contribution in [3.05, 3.63) is 64.8 Å². The van der Waals surface area contributed by atoms with E-state index in [2.05, 4.69) is 43.5 Å². The molecule has 0 saturated heterocycles. The number of hydrogen-bond acceptors (Lipinski definition) is 5. The number of aryl methyl sites for hydroxylation is 1. The van der Waals surface area contributed by atoms with E-state index in [0.717, 1.165) is 21.6 Å². The Morgan fingerprint density at radius 2 is 1.92 bits per heavy atom. The molecule has 0 saturated carbocycles. The van der Waals surface area contributed by atoms with Gasteiger partial charge in [-0.15, -0.1) is 0 Å². The number of rotatable bonds is 6. The van der Waals surface area contributed by atoms with Crippen LogP contribution in [-0.2, 0) is 0 Å². The first-order valence-electron chi connectivity index (χ1n) is 8.01. The Labute approximate surface area is 155 Å². The molecule has 0 fully saturated rings. The highest BCUT2D eigenvalue weighted by atomic mass is 79.9. The summed E-state index contributed by atoms with van der Waals surface area (Å²) >= 11 is 3.54. The minimum absolute atomic E-state index is 0.503. The van der Waals surface area contributed by atoms with Gasteiger partial charge in [0.25, 0.3) is 0 Å². The fourth-order valence-electron chi connectivity index (χ4n) is 2.28. The van der Waals surface area contributed by atoms with Gasteiger partial charge in [0.1, 0.15) is 11.6 Å². The summed E-state index contributed by atoms with van der Waals surface area (Å²) in [5, 5.41) is 6.49. The van der Waals surface area contributed by atoms with Gasteiger partial charge in [-0.1, -0.05) is 34.1 Å². The van der Waals surface area contributed by atoms with Crippen LogP contribution in [0.3, 0.4) is 0 Å². The summed E-state index contributed by atoms with van der Waals surface area (Å²) < 4.78 is 6.67. The number of hydrogen-bond donors (Lipinski definition) is 2. The van der Waals surface area contributed by atoms with Crippen LogP contribution in [0.1, 0.15) is 12.5 Å². The molecule has 128 valence electrons. The largest absolute Gasteiger partial charge is 0.492 e. The predicted molar refractivity (Wildman–Crippen MR) is 105 cm³/mol. The van der Waals surface area contributed by atoms with E-state index in [4.69, 9.17) is 4.74 Å². The van der Waals surface area contributed by atoms with Crippen molar-refractivity contribution in [2.75, 3.05) is 17.2 Å². The molecule has 25 heavy (non-hydrogen) atoms. The van der Waals surface area contributed by atoms with Crippen molar-refractivity contribution in [2.24, 2.45) is 0 Å². The fourth-order valence-corrected chi connectivity index (χ4v) is 2.66. The van der Waals surface area contributed by atoms with Gasteiger partial charge in [0.2, 0.25) is 5.95 Å². The van der Waals surface area contributed by atoms with Crippen molar-refractivity contribution in [1.82, 2.24) is 9.97 Å². The third-order valence-electron chi connectivity index (χ3n) is 3.53. The molecule has 2 N–H and O–H groups in total. The van der Waals surface area contributed by atoms with Gasteiger partial charge in [-0.25, -0.2) is 4.98 Å². The third kappa shape index (κ3) is 4.48. The molecule has 6 heteroatoms. The SMILES string of the molecule is CCOc1ccccc1Nc1nccc(Nc2ccc(C)c(Br)c2)n1. The number of para-hydroxylation sites is 2. The molecule has 0 unspecified atom stereocenters. The standard InChI is InChI=1S/C19H19BrN4O/c1-3-25-17-7-5-4-6-16(17)23-19-21-11-10-18(24-19)22-14-9-8-13(2)15(20)12-14/h4-12H,3H2,1-2H3,(H2,21,22,23,24).